The summed E-state index contributed by atoms with van der Waals surface area (Å²) in [6.07, 6.45) is 3.73. The normalized spacial score (nSPS) is 18.0. The minimum absolute atomic E-state index is 0.0250. The van der Waals surface area contributed by atoms with Gasteiger partial charge < -0.3 is 10.2 Å². The van der Waals surface area contributed by atoms with Gasteiger partial charge in [-0.3, -0.25) is 4.79 Å². The molecule has 25 heavy (non-hydrogen) atoms. The topological polar surface area (TPSA) is 50.2 Å². The predicted molar refractivity (Wildman–Crippen MR) is 95.6 cm³/mol. The predicted octanol–water partition coefficient (Wildman–Crippen LogP) is 2.96. The Hall–Kier alpha value is -2.21. The highest BCUT2D eigenvalue weighted by Gasteiger charge is 2.28. The van der Waals surface area contributed by atoms with Gasteiger partial charge in [0.2, 0.25) is 0 Å². The second kappa shape index (κ2) is 7.35. The average molecular weight is 344 g/mol. The van der Waals surface area contributed by atoms with Gasteiger partial charge in [0.15, 0.2) is 0 Å². The number of nitrogens with one attached hydrogen (secondary N) is 1. The minimum atomic E-state index is -0.287. The molecule has 1 saturated heterocycles. The van der Waals surface area contributed by atoms with Crippen LogP contribution in [0.5, 0.6) is 0 Å². The van der Waals surface area contributed by atoms with Crippen LogP contribution in [0.1, 0.15) is 48.7 Å². The SMILES string of the molecule is CNC1CCCN(C(=O)c2cnn(-c3ccc(F)cc3)c2C(C)C)C1. The second-order valence-corrected chi connectivity index (χ2v) is 6.87. The third kappa shape index (κ3) is 3.58. The maximum atomic E-state index is 13.2. The molecule has 2 aromatic rings. The number of hydrogen-bond acceptors (Lipinski definition) is 3. The van der Waals surface area contributed by atoms with Crippen molar-refractivity contribution in [1.29, 1.82) is 0 Å². The molecule has 134 valence electrons. The average Bonchev–Trinajstić information content (AvgIpc) is 3.07. The zero-order chi connectivity index (χ0) is 18.0. The molecule has 1 atom stereocenters. The molecule has 5 nitrogen and oxygen atoms in total. The van der Waals surface area contributed by atoms with Gasteiger partial charge in [-0.2, -0.15) is 5.10 Å². The van der Waals surface area contributed by atoms with Crippen molar-refractivity contribution in [3.8, 4) is 5.69 Å². The van der Waals surface area contributed by atoms with Crippen LogP contribution in [0, 0.1) is 5.82 Å². The number of hydrogen-bond donors (Lipinski definition) is 1. The minimum Gasteiger partial charge on any atom is -0.337 e. The highest BCUT2D eigenvalue weighted by Crippen LogP contribution is 2.25. The van der Waals surface area contributed by atoms with Gasteiger partial charge in [0.25, 0.3) is 5.91 Å². The summed E-state index contributed by atoms with van der Waals surface area (Å²) in [5.74, 6) is -0.141. The Labute approximate surface area is 147 Å². The summed E-state index contributed by atoms with van der Waals surface area (Å²) in [6.45, 7) is 5.58. The molecule has 0 spiro atoms. The van der Waals surface area contributed by atoms with Gasteiger partial charge in [0.05, 0.1) is 23.1 Å². The first-order valence-corrected chi connectivity index (χ1v) is 8.81. The van der Waals surface area contributed by atoms with Gasteiger partial charge >= 0.3 is 0 Å². The van der Waals surface area contributed by atoms with Crippen LogP contribution in [-0.2, 0) is 0 Å². The number of rotatable bonds is 4. The highest BCUT2D eigenvalue weighted by atomic mass is 19.1. The molecular formula is C19H25FN4O. The molecule has 1 aliphatic rings. The number of halogens is 1. The van der Waals surface area contributed by atoms with Crippen LogP contribution in [0.25, 0.3) is 5.69 Å². The molecule has 6 heteroatoms. The fourth-order valence-electron chi connectivity index (χ4n) is 3.43. The van der Waals surface area contributed by atoms with Crippen LogP contribution >= 0.6 is 0 Å². The maximum Gasteiger partial charge on any atom is 0.257 e. The molecule has 2 heterocycles. The largest absolute Gasteiger partial charge is 0.337 e. The van der Waals surface area contributed by atoms with Crippen LogP contribution in [0.2, 0.25) is 0 Å². The van der Waals surface area contributed by atoms with Crippen LogP contribution in [0.15, 0.2) is 30.5 Å². The molecular weight excluding hydrogens is 319 g/mol. The van der Waals surface area contributed by atoms with Gasteiger partial charge in [-0.25, -0.2) is 9.07 Å². The fourth-order valence-corrected chi connectivity index (χ4v) is 3.43. The highest BCUT2D eigenvalue weighted by molar-refractivity contribution is 5.95. The van der Waals surface area contributed by atoms with E-state index in [2.05, 4.69) is 10.4 Å². The van der Waals surface area contributed by atoms with Gasteiger partial charge in [0.1, 0.15) is 5.82 Å². The fraction of sp³-hybridized carbons (Fsp3) is 0.474. The van der Waals surface area contributed by atoms with Gasteiger partial charge in [-0.1, -0.05) is 13.8 Å². The lowest BCUT2D eigenvalue weighted by atomic mass is 10.0. The molecule has 1 unspecified atom stereocenters. The Balaban J connectivity index is 1.94. The lowest BCUT2D eigenvalue weighted by Crippen LogP contribution is -2.47. The first-order chi connectivity index (χ1) is 12.0. The van der Waals surface area contributed by atoms with E-state index in [1.807, 2.05) is 25.8 Å². The van der Waals surface area contributed by atoms with Gasteiger partial charge in [-0.05, 0) is 50.1 Å². The van der Waals surface area contributed by atoms with Crippen molar-refractivity contribution in [1.82, 2.24) is 20.0 Å². The summed E-state index contributed by atoms with van der Waals surface area (Å²) >= 11 is 0. The van der Waals surface area contributed by atoms with Crippen molar-refractivity contribution in [3.05, 3.63) is 47.5 Å². The second-order valence-electron chi connectivity index (χ2n) is 6.87. The van der Waals surface area contributed by atoms with Crippen molar-refractivity contribution < 1.29 is 9.18 Å². The first kappa shape index (κ1) is 17.6. The maximum absolute atomic E-state index is 13.2. The summed E-state index contributed by atoms with van der Waals surface area (Å²) in [4.78, 5) is 15.0. The Morgan fingerprint density at radius 3 is 2.68 bits per heavy atom. The standard InChI is InChI=1S/C19H25FN4O/c1-13(2)18-17(19(25)23-10-4-5-15(12-23)21-3)11-22-24(18)16-8-6-14(20)7-9-16/h6-9,11,13,15,21H,4-5,10,12H2,1-3H3. The van der Waals surface area contributed by atoms with E-state index in [1.165, 1.54) is 12.1 Å². The molecule has 1 aromatic heterocycles. The van der Waals surface area contributed by atoms with E-state index >= 15 is 0 Å². The van der Waals surface area contributed by atoms with Gasteiger partial charge in [-0.15, -0.1) is 0 Å². The molecule has 0 radical (unpaired) electrons. The van der Waals surface area contributed by atoms with Crippen molar-refractivity contribution >= 4 is 5.91 Å². The summed E-state index contributed by atoms with van der Waals surface area (Å²) in [5, 5.41) is 7.69. The number of benzene rings is 1. The molecule has 1 aromatic carbocycles. The van der Waals surface area contributed by atoms with E-state index < -0.39 is 0 Å². The Kier molecular flexibility index (Phi) is 5.18. The number of amides is 1. The lowest BCUT2D eigenvalue weighted by Gasteiger charge is -2.32. The molecule has 3 rings (SSSR count). The zero-order valence-corrected chi connectivity index (χ0v) is 15.0. The molecule has 1 N–H and O–H groups in total. The lowest BCUT2D eigenvalue weighted by molar-refractivity contribution is 0.0696. The molecule has 1 fully saturated rings. The number of likely N-dealkylation sites (tertiary alicyclic amines) is 1. The Morgan fingerprint density at radius 2 is 2.04 bits per heavy atom. The van der Waals surface area contributed by atoms with Crippen LogP contribution in [0.4, 0.5) is 4.39 Å². The third-order valence-electron chi connectivity index (χ3n) is 4.77. The van der Waals surface area contributed by atoms with Crippen molar-refractivity contribution in [3.63, 3.8) is 0 Å². The quantitative estimate of drug-likeness (QED) is 0.928. The summed E-state index contributed by atoms with van der Waals surface area (Å²) < 4.78 is 15.0. The molecule has 1 aliphatic heterocycles. The number of carbonyl (C=O) groups is 1. The van der Waals surface area contributed by atoms with E-state index in [4.69, 9.17) is 0 Å². The third-order valence-corrected chi connectivity index (χ3v) is 4.77. The Bertz CT molecular complexity index is 738. The zero-order valence-electron chi connectivity index (χ0n) is 15.0. The van der Waals surface area contributed by atoms with Crippen LogP contribution in [0.3, 0.4) is 0 Å². The smallest absolute Gasteiger partial charge is 0.257 e. The van der Waals surface area contributed by atoms with Crippen LogP contribution < -0.4 is 5.32 Å². The van der Waals surface area contributed by atoms with Crippen molar-refractivity contribution in [2.45, 2.75) is 38.6 Å². The van der Waals surface area contributed by atoms with Crippen molar-refractivity contribution in [2.75, 3.05) is 20.1 Å². The first-order valence-electron chi connectivity index (χ1n) is 8.81. The van der Waals surface area contributed by atoms with E-state index in [0.29, 0.717) is 18.2 Å². The monoisotopic (exact) mass is 344 g/mol. The summed E-state index contributed by atoms with van der Waals surface area (Å²) in [7, 11) is 1.94. The molecule has 0 aliphatic carbocycles. The molecule has 0 saturated carbocycles. The number of piperidine rings is 1. The molecule has 1 amide bonds. The number of aromatic nitrogens is 2. The van der Waals surface area contributed by atoms with E-state index in [9.17, 15) is 9.18 Å². The Morgan fingerprint density at radius 1 is 1.32 bits per heavy atom. The number of carbonyl (C=O) groups excluding carboxylic acids is 1. The summed E-state index contributed by atoms with van der Waals surface area (Å²) in [6, 6.07) is 6.52. The van der Waals surface area contributed by atoms with Crippen LogP contribution in [-0.4, -0.2) is 46.8 Å². The summed E-state index contributed by atoms with van der Waals surface area (Å²) in [5.41, 5.74) is 2.26. The van der Waals surface area contributed by atoms with E-state index in [-0.39, 0.29) is 17.6 Å². The van der Waals surface area contributed by atoms with Gasteiger partial charge in [0, 0.05) is 19.1 Å². The number of likely N-dealkylation sites (N-methyl/N-ethyl adjacent to an activating group) is 1. The number of nitrogens with zero attached hydrogens (tertiary/aromatic N) is 3. The van der Waals surface area contributed by atoms with E-state index in [0.717, 1.165) is 30.8 Å². The van der Waals surface area contributed by atoms with E-state index in [1.54, 1.807) is 23.0 Å². The molecule has 0 bridgehead atoms. The van der Waals surface area contributed by atoms with Crippen molar-refractivity contribution in [2.24, 2.45) is 0 Å².